The Bertz CT molecular complexity index is 966. The number of Topliss-reactive ketones (excluding diaryl/α,β-unsaturated/α-hetero) is 1. The number of fused-ring (bicyclic) bond motifs is 1. The molecule has 1 aromatic rings. The van der Waals surface area contributed by atoms with Gasteiger partial charge >= 0.3 is 0 Å². The van der Waals surface area contributed by atoms with Gasteiger partial charge in [0.05, 0.1) is 6.04 Å². The molecule has 2 amide bonds. The first-order valence-electron chi connectivity index (χ1n) is 13.8. The zero-order chi connectivity index (χ0) is 25.3. The zero-order valence-electron chi connectivity index (χ0n) is 21.4. The van der Waals surface area contributed by atoms with Crippen molar-refractivity contribution in [2.24, 2.45) is 5.73 Å². The maximum atomic E-state index is 13.9. The first-order chi connectivity index (χ1) is 17.4. The maximum Gasteiger partial charge on any atom is 0.252 e. The second-order valence-corrected chi connectivity index (χ2v) is 11.1. The summed E-state index contributed by atoms with van der Waals surface area (Å²) < 4.78 is 5.57. The summed E-state index contributed by atoms with van der Waals surface area (Å²) in [6.45, 7) is 5.92. The van der Waals surface area contributed by atoms with E-state index in [1.54, 1.807) is 4.90 Å². The van der Waals surface area contributed by atoms with Crippen LogP contribution < -0.4 is 11.1 Å². The van der Waals surface area contributed by atoms with Gasteiger partial charge in [-0.3, -0.25) is 14.4 Å². The molecule has 8 nitrogen and oxygen atoms in total. The number of nitrogens with zero attached hydrogens (tertiary/aromatic N) is 2. The van der Waals surface area contributed by atoms with Gasteiger partial charge in [-0.05, 0) is 75.4 Å². The third-order valence-corrected chi connectivity index (χ3v) is 8.73. The van der Waals surface area contributed by atoms with Crippen molar-refractivity contribution >= 4 is 17.6 Å². The summed E-state index contributed by atoms with van der Waals surface area (Å²) in [6.07, 6.45) is 6.93. The number of nitrogens with one attached hydrogen (secondary N) is 1. The highest BCUT2D eigenvalue weighted by molar-refractivity contribution is 6.01. The Morgan fingerprint density at radius 3 is 2.47 bits per heavy atom. The standard InChI is InChI=1S/C28H40N4O4/c1-2-14-31-15-10-20(11-16-31)19-6-8-21(9-7-19)26(34)30-28(12-4-3-5-13-28)27(35)32-17-22(29)25-24(32)23(33)18-36-25/h6-9,20,22,24-25H,2-5,10-18,29H2,1H3,(H,30,34)/t22-,24+,25+/m0/s1. The van der Waals surface area contributed by atoms with Gasteiger partial charge in [0.1, 0.15) is 24.3 Å². The normalized spacial score (nSPS) is 28.8. The van der Waals surface area contributed by atoms with Crippen LogP contribution in [0.25, 0.3) is 0 Å². The third kappa shape index (κ3) is 4.83. The van der Waals surface area contributed by atoms with Crippen molar-refractivity contribution in [1.29, 1.82) is 0 Å². The second-order valence-electron chi connectivity index (χ2n) is 11.1. The molecule has 196 valence electrons. The SMILES string of the molecule is CCCN1CCC(c2ccc(C(=O)NC3(C(=O)N4C[C@H](N)[C@H]5OCC(=O)[C@H]54)CCCCC3)cc2)CC1. The Morgan fingerprint density at radius 2 is 1.81 bits per heavy atom. The number of amides is 2. The van der Waals surface area contributed by atoms with Crippen molar-refractivity contribution in [3.63, 3.8) is 0 Å². The van der Waals surface area contributed by atoms with Crippen LogP contribution in [0.5, 0.6) is 0 Å². The predicted molar refractivity (Wildman–Crippen MR) is 137 cm³/mol. The lowest BCUT2D eigenvalue weighted by Crippen LogP contribution is -2.62. The highest BCUT2D eigenvalue weighted by atomic mass is 16.5. The minimum absolute atomic E-state index is 0.00382. The molecule has 3 saturated heterocycles. The van der Waals surface area contributed by atoms with E-state index in [1.165, 1.54) is 12.0 Å². The molecule has 1 saturated carbocycles. The summed E-state index contributed by atoms with van der Waals surface area (Å²) in [7, 11) is 0. The lowest BCUT2D eigenvalue weighted by atomic mass is 9.80. The van der Waals surface area contributed by atoms with Crippen LogP contribution in [-0.2, 0) is 14.3 Å². The molecule has 0 spiro atoms. The minimum atomic E-state index is -1.00. The molecular formula is C28H40N4O4. The van der Waals surface area contributed by atoms with E-state index in [9.17, 15) is 14.4 Å². The molecule has 1 aromatic carbocycles. The quantitative estimate of drug-likeness (QED) is 0.626. The molecule has 3 N–H and O–H groups in total. The fourth-order valence-electron chi connectivity index (χ4n) is 6.73. The minimum Gasteiger partial charge on any atom is -0.366 e. The summed E-state index contributed by atoms with van der Waals surface area (Å²) in [4.78, 5) is 43.9. The van der Waals surface area contributed by atoms with Gasteiger partial charge in [-0.15, -0.1) is 0 Å². The van der Waals surface area contributed by atoms with Crippen molar-refractivity contribution in [1.82, 2.24) is 15.1 Å². The number of ketones is 1. The first kappa shape index (κ1) is 25.4. The van der Waals surface area contributed by atoms with Crippen molar-refractivity contribution in [3.05, 3.63) is 35.4 Å². The lowest BCUT2D eigenvalue weighted by Gasteiger charge is -2.40. The number of ether oxygens (including phenoxy) is 1. The number of carbonyl (C=O) groups is 3. The Labute approximate surface area is 213 Å². The van der Waals surface area contributed by atoms with Crippen LogP contribution in [0.4, 0.5) is 0 Å². The molecule has 1 aliphatic carbocycles. The number of benzene rings is 1. The van der Waals surface area contributed by atoms with E-state index >= 15 is 0 Å². The summed E-state index contributed by atoms with van der Waals surface area (Å²) in [5.74, 6) is 0.00564. The first-order valence-corrected chi connectivity index (χ1v) is 13.8. The fourth-order valence-corrected chi connectivity index (χ4v) is 6.73. The van der Waals surface area contributed by atoms with E-state index in [2.05, 4.69) is 29.3 Å². The molecule has 0 unspecified atom stereocenters. The van der Waals surface area contributed by atoms with Gasteiger partial charge in [-0.25, -0.2) is 0 Å². The Morgan fingerprint density at radius 1 is 1.11 bits per heavy atom. The number of nitrogens with two attached hydrogens (primary N) is 1. The lowest BCUT2D eigenvalue weighted by molar-refractivity contribution is -0.143. The molecule has 3 atom stereocenters. The number of likely N-dealkylation sites (tertiary alicyclic amines) is 2. The molecule has 0 aromatic heterocycles. The summed E-state index contributed by atoms with van der Waals surface area (Å²) in [5.41, 5.74) is 7.06. The van der Waals surface area contributed by atoms with Crippen LogP contribution >= 0.6 is 0 Å². The van der Waals surface area contributed by atoms with Gasteiger partial charge < -0.3 is 25.6 Å². The van der Waals surface area contributed by atoms with Crippen LogP contribution in [0.3, 0.4) is 0 Å². The number of hydrogen-bond donors (Lipinski definition) is 2. The highest BCUT2D eigenvalue weighted by Gasteiger charge is 2.55. The fraction of sp³-hybridized carbons (Fsp3) is 0.679. The van der Waals surface area contributed by atoms with E-state index in [1.807, 2.05) is 12.1 Å². The van der Waals surface area contributed by atoms with Gasteiger partial charge in [0.2, 0.25) is 5.91 Å². The van der Waals surface area contributed by atoms with Gasteiger partial charge in [-0.2, -0.15) is 0 Å². The third-order valence-electron chi connectivity index (χ3n) is 8.73. The van der Waals surface area contributed by atoms with Crippen LogP contribution in [-0.4, -0.2) is 83.9 Å². The molecule has 4 fully saturated rings. The van der Waals surface area contributed by atoms with E-state index in [0.29, 0.717) is 24.3 Å². The maximum absolute atomic E-state index is 13.9. The van der Waals surface area contributed by atoms with E-state index in [4.69, 9.17) is 10.5 Å². The topological polar surface area (TPSA) is 105 Å². The molecule has 3 aliphatic heterocycles. The number of carbonyl (C=O) groups excluding carboxylic acids is 3. The molecule has 3 heterocycles. The van der Waals surface area contributed by atoms with Crippen molar-refractivity contribution in [2.45, 2.75) is 87.9 Å². The van der Waals surface area contributed by atoms with Gasteiger partial charge in [-0.1, -0.05) is 38.3 Å². The zero-order valence-corrected chi connectivity index (χ0v) is 21.4. The summed E-state index contributed by atoms with van der Waals surface area (Å²) >= 11 is 0. The molecule has 4 aliphatic rings. The molecule has 0 radical (unpaired) electrons. The predicted octanol–water partition coefficient (Wildman–Crippen LogP) is 2.21. The van der Waals surface area contributed by atoms with Crippen molar-refractivity contribution in [2.75, 3.05) is 32.8 Å². The summed E-state index contributed by atoms with van der Waals surface area (Å²) in [5, 5.41) is 3.12. The summed E-state index contributed by atoms with van der Waals surface area (Å²) in [6, 6.07) is 6.90. The number of hydrogen-bond acceptors (Lipinski definition) is 6. The van der Waals surface area contributed by atoms with E-state index in [-0.39, 0.29) is 36.8 Å². The molecule has 5 rings (SSSR count). The Kier molecular flexibility index (Phi) is 7.47. The van der Waals surface area contributed by atoms with Crippen molar-refractivity contribution in [3.8, 4) is 0 Å². The van der Waals surface area contributed by atoms with E-state index < -0.39 is 17.7 Å². The largest absolute Gasteiger partial charge is 0.366 e. The van der Waals surface area contributed by atoms with E-state index in [0.717, 1.165) is 51.7 Å². The van der Waals surface area contributed by atoms with Crippen LogP contribution in [0, 0.1) is 0 Å². The van der Waals surface area contributed by atoms with Gasteiger partial charge in [0.25, 0.3) is 5.91 Å². The van der Waals surface area contributed by atoms with Gasteiger partial charge in [0, 0.05) is 12.1 Å². The number of rotatable bonds is 6. The Balaban J connectivity index is 1.28. The Hall–Kier alpha value is -2.29. The highest BCUT2D eigenvalue weighted by Crippen LogP contribution is 2.35. The van der Waals surface area contributed by atoms with Crippen LogP contribution in [0.15, 0.2) is 24.3 Å². The molecule has 36 heavy (non-hydrogen) atoms. The second kappa shape index (κ2) is 10.6. The molecule has 8 heteroatoms. The molecule has 0 bridgehead atoms. The van der Waals surface area contributed by atoms with Crippen LogP contribution in [0.2, 0.25) is 0 Å². The van der Waals surface area contributed by atoms with Crippen molar-refractivity contribution < 1.29 is 19.1 Å². The smallest absolute Gasteiger partial charge is 0.252 e. The van der Waals surface area contributed by atoms with Gasteiger partial charge in [0.15, 0.2) is 5.78 Å². The average Bonchev–Trinajstić information content (AvgIpc) is 3.45. The average molecular weight is 497 g/mol. The monoisotopic (exact) mass is 496 g/mol. The van der Waals surface area contributed by atoms with Crippen LogP contribution in [0.1, 0.15) is 80.1 Å². The molecular weight excluding hydrogens is 456 g/mol. The number of piperidine rings is 1.